The molecular weight excluding hydrogens is 242 g/mol. The van der Waals surface area contributed by atoms with Crippen molar-refractivity contribution >= 4 is 17.5 Å². The number of Topliss-reactive ketones (excluding diaryl/α,β-unsaturated/α-hetero) is 1. The lowest BCUT2D eigenvalue weighted by Crippen LogP contribution is -2.40. The monoisotopic (exact) mass is 259 g/mol. The van der Waals surface area contributed by atoms with Gasteiger partial charge in [0.1, 0.15) is 0 Å². The van der Waals surface area contributed by atoms with Gasteiger partial charge in [-0.25, -0.2) is 10.2 Å². The first kappa shape index (κ1) is 13.3. The highest BCUT2D eigenvalue weighted by atomic mass is 16.2. The Morgan fingerprint density at radius 3 is 2.79 bits per heavy atom. The van der Waals surface area contributed by atoms with Crippen molar-refractivity contribution in [3.63, 3.8) is 0 Å². The number of benzene rings is 1. The maximum absolute atomic E-state index is 12.6. The number of primary amides is 1. The Labute approximate surface area is 111 Å². The van der Waals surface area contributed by atoms with Gasteiger partial charge in [-0.1, -0.05) is 24.3 Å². The highest BCUT2D eigenvalue weighted by Gasteiger charge is 2.40. The number of aryl methyl sites for hydroxylation is 1. The highest BCUT2D eigenvalue weighted by Crippen LogP contribution is 2.36. The van der Waals surface area contributed by atoms with Crippen molar-refractivity contribution in [3.05, 3.63) is 35.4 Å². The van der Waals surface area contributed by atoms with E-state index in [4.69, 9.17) is 5.73 Å². The molecule has 100 valence electrons. The molecule has 1 aliphatic rings. The van der Waals surface area contributed by atoms with E-state index in [0.29, 0.717) is 12.1 Å². The summed E-state index contributed by atoms with van der Waals surface area (Å²) < 4.78 is 0. The van der Waals surface area contributed by atoms with E-state index in [-0.39, 0.29) is 5.78 Å². The standard InChI is InChI=1S/C14H17N3O2/c1-9(16-17-13(15)19)14(2)8-7-10-5-3-4-6-11(10)12(14)18/h3-6H,7-8H2,1-2H3,(H3,15,17,19)/b16-9+. The van der Waals surface area contributed by atoms with Gasteiger partial charge in [-0.3, -0.25) is 4.79 Å². The average Bonchev–Trinajstić information content (AvgIpc) is 2.40. The first-order valence-corrected chi connectivity index (χ1v) is 6.18. The van der Waals surface area contributed by atoms with Gasteiger partial charge in [0.25, 0.3) is 0 Å². The number of nitrogens with two attached hydrogens (primary N) is 1. The molecule has 0 spiro atoms. The number of fused-ring (bicyclic) bond motifs is 1. The molecule has 5 heteroatoms. The van der Waals surface area contributed by atoms with Gasteiger partial charge in [0.2, 0.25) is 0 Å². The van der Waals surface area contributed by atoms with Gasteiger partial charge in [-0.15, -0.1) is 0 Å². The molecule has 0 saturated heterocycles. The molecule has 2 amide bonds. The summed E-state index contributed by atoms with van der Waals surface area (Å²) in [6.45, 7) is 3.59. The van der Waals surface area contributed by atoms with Crippen molar-refractivity contribution in [1.29, 1.82) is 0 Å². The number of nitrogens with zero attached hydrogens (tertiary/aromatic N) is 1. The molecule has 1 aromatic carbocycles. The maximum atomic E-state index is 12.6. The van der Waals surface area contributed by atoms with E-state index in [1.807, 2.05) is 31.2 Å². The van der Waals surface area contributed by atoms with Gasteiger partial charge < -0.3 is 5.73 Å². The summed E-state index contributed by atoms with van der Waals surface area (Å²) in [5, 5.41) is 3.91. The minimum atomic E-state index is -0.730. The first-order chi connectivity index (χ1) is 8.95. The maximum Gasteiger partial charge on any atom is 0.332 e. The zero-order valence-corrected chi connectivity index (χ0v) is 11.1. The van der Waals surface area contributed by atoms with Crippen molar-refractivity contribution in [2.24, 2.45) is 16.3 Å². The van der Waals surface area contributed by atoms with Gasteiger partial charge in [0.05, 0.1) is 5.41 Å². The SMILES string of the molecule is C/C(=N\NC(N)=O)C1(C)CCc2ccccc2C1=O. The largest absolute Gasteiger partial charge is 0.350 e. The Hall–Kier alpha value is -2.17. The predicted molar refractivity (Wildman–Crippen MR) is 73.0 cm³/mol. The van der Waals surface area contributed by atoms with Gasteiger partial charge in [-0.05, 0) is 32.3 Å². The Balaban J connectivity index is 2.34. The summed E-state index contributed by atoms with van der Waals surface area (Å²) in [7, 11) is 0. The molecule has 0 radical (unpaired) electrons. The van der Waals surface area contributed by atoms with Gasteiger partial charge >= 0.3 is 6.03 Å². The van der Waals surface area contributed by atoms with E-state index in [1.165, 1.54) is 0 Å². The van der Waals surface area contributed by atoms with E-state index in [9.17, 15) is 9.59 Å². The molecule has 0 heterocycles. The van der Waals surface area contributed by atoms with Crippen LogP contribution in [0.15, 0.2) is 29.4 Å². The van der Waals surface area contributed by atoms with Crippen LogP contribution in [-0.2, 0) is 6.42 Å². The van der Waals surface area contributed by atoms with E-state index in [2.05, 4.69) is 10.5 Å². The molecule has 0 fully saturated rings. The molecule has 0 bridgehead atoms. The molecule has 19 heavy (non-hydrogen) atoms. The van der Waals surface area contributed by atoms with Crippen molar-refractivity contribution < 1.29 is 9.59 Å². The quantitative estimate of drug-likeness (QED) is 0.627. The first-order valence-electron chi connectivity index (χ1n) is 6.18. The Morgan fingerprint density at radius 2 is 2.11 bits per heavy atom. The van der Waals surface area contributed by atoms with Crippen LogP contribution in [0.5, 0.6) is 0 Å². The van der Waals surface area contributed by atoms with Crippen LogP contribution < -0.4 is 11.2 Å². The summed E-state index contributed by atoms with van der Waals surface area (Å²) in [4.78, 5) is 23.3. The van der Waals surface area contributed by atoms with Crippen LogP contribution in [0, 0.1) is 5.41 Å². The van der Waals surface area contributed by atoms with Crippen molar-refractivity contribution in [1.82, 2.24) is 5.43 Å². The number of hydrazone groups is 1. The molecule has 5 nitrogen and oxygen atoms in total. The zero-order chi connectivity index (χ0) is 14.0. The fraction of sp³-hybridized carbons (Fsp3) is 0.357. The molecule has 2 rings (SSSR count). The van der Waals surface area contributed by atoms with Crippen LogP contribution in [0.4, 0.5) is 4.79 Å². The van der Waals surface area contributed by atoms with E-state index < -0.39 is 11.4 Å². The molecule has 1 aromatic rings. The van der Waals surface area contributed by atoms with Crippen LogP contribution in [-0.4, -0.2) is 17.5 Å². The molecule has 0 aliphatic heterocycles. The van der Waals surface area contributed by atoms with Gasteiger partial charge in [0, 0.05) is 11.3 Å². The van der Waals surface area contributed by atoms with E-state index >= 15 is 0 Å². The van der Waals surface area contributed by atoms with E-state index in [1.54, 1.807) is 6.92 Å². The summed E-state index contributed by atoms with van der Waals surface area (Å²) in [5.41, 5.74) is 8.87. The fourth-order valence-electron chi connectivity index (χ4n) is 2.36. The van der Waals surface area contributed by atoms with Crippen LogP contribution in [0.3, 0.4) is 0 Å². The van der Waals surface area contributed by atoms with E-state index in [0.717, 1.165) is 17.5 Å². The van der Waals surface area contributed by atoms with Crippen LogP contribution >= 0.6 is 0 Å². The normalized spacial score (nSPS) is 22.8. The third-order valence-corrected chi connectivity index (χ3v) is 3.79. The lowest BCUT2D eigenvalue weighted by molar-refractivity contribution is 0.0865. The third-order valence-electron chi connectivity index (χ3n) is 3.79. The highest BCUT2D eigenvalue weighted by molar-refractivity contribution is 6.16. The smallest absolute Gasteiger partial charge is 0.332 e. The molecule has 0 aromatic heterocycles. The molecule has 3 N–H and O–H groups in total. The number of hydrogen-bond donors (Lipinski definition) is 2. The molecule has 0 saturated carbocycles. The number of rotatable bonds is 2. The lowest BCUT2D eigenvalue weighted by atomic mass is 9.69. The number of nitrogens with one attached hydrogen (secondary N) is 1. The molecule has 1 unspecified atom stereocenters. The number of ketones is 1. The third kappa shape index (κ3) is 2.36. The Morgan fingerprint density at radius 1 is 1.42 bits per heavy atom. The fourth-order valence-corrected chi connectivity index (χ4v) is 2.36. The lowest BCUT2D eigenvalue weighted by Gasteiger charge is -2.33. The second-order valence-corrected chi connectivity index (χ2v) is 4.99. The predicted octanol–water partition coefficient (Wildman–Crippen LogP) is 1.87. The summed E-state index contributed by atoms with van der Waals surface area (Å²) in [6, 6.07) is 6.87. The van der Waals surface area contributed by atoms with Crippen LogP contribution in [0.1, 0.15) is 36.2 Å². The number of carbonyl (C=O) groups excluding carboxylic acids is 2. The Kier molecular flexibility index (Phi) is 3.38. The second-order valence-electron chi connectivity index (χ2n) is 4.99. The zero-order valence-electron chi connectivity index (χ0n) is 11.1. The minimum absolute atomic E-state index is 0.0434. The van der Waals surface area contributed by atoms with Crippen molar-refractivity contribution in [3.8, 4) is 0 Å². The molecule has 1 aliphatic carbocycles. The summed E-state index contributed by atoms with van der Waals surface area (Å²) in [6.07, 6.45) is 1.50. The number of carbonyl (C=O) groups is 2. The minimum Gasteiger partial charge on any atom is -0.350 e. The Bertz CT molecular complexity index is 566. The second kappa shape index (κ2) is 4.84. The molecule has 1 atom stereocenters. The van der Waals surface area contributed by atoms with Crippen molar-refractivity contribution in [2.45, 2.75) is 26.7 Å². The van der Waals surface area contributed by atoms with Gasteiger partial charge in [-0.2, -0.15) is 5.10 Å². The number of urea groups is 1. The average molecular weight is 259 g/mol. The van der Waals surface area contributed by atoms with Gasteiger partial charge in [0.15, 0.2) is 5.78 Å². The number of hydrogen-bond acceptors (Lipinski definition) is 3. The number of amides is 2. The summed E-state index contributed by atoms with van der Waals surface area (Å²) in [5.74, 6) is 0.0434. The topological polar surface area (TPSA) is 84.5 Å². The molecular formula is C14H17N3O2. The van der Waals surface area contributed by atoms with Crippen LogP contribution in [0.25, 0.3) is 0 Å². The van der Waals surface area contributed by atoms with Crippen LogP contribution in [0.2, 0.25) is 0 Å². The van der Waals surface area contributed by atoms with Crippen molar-refractivity contribution in [2.75, 3.05) is 0 Å². The summed E-state index contributed by atoms with van der Waals surface area (Å²) >= 11 is 0.